The van der Waals surface area contributed by atoms with Crippen molar-refractivity contribution >= 4 is 39.9 Å². The molecule has 1 unspecified atom stereocenters. The molecule has 0 radical (unpaired) electrons. The number of methoxy groups -OCH3 is 1. The standard InChI is InChI=1S/C26H17ClFNO5/c1-33-19-8-4-5-14-13-20(34-25(14)19)23(30)21-22(17-6-2-3-7-18(17)28)29(26(32)24(21)31)16-11-9-15(27)10-12-16/h2-13,22,31H,1H3. The minimum absolute atomic E-state index is 0.0480. The molecule has 1 atom stereocenters. The Morgan fingerprint density at radius 3 is 2.53 bits per heavy atom. The number of Topliss-reactive ketones (excluding diaryl/α,β-unsaturated/α-hetero) is 1. The highest BCUT2D eigenvalue weighted by molar-refractivity contribution is 6.30. The van der Waals surface area contributed by atoms with Crippen LogP contribution in [0.3, 0.4) is 0 Å². The van der Waals surface area contributed by atoms with E-state index in [1.54, 1.807) is 48.5 Å². The number of carbonyl (C=O) groups is 2. The Kier molecular flexibility index (Phi) is 5.34. The summed E-state index contributed by atoms with van der Waals surface area (Å²) >= 11 is 5.98. The van der Waals surface area contributed by atoms with Crippen LogP contribution in [0.1, 0.15) is 22.2 Å². The van der Waals surface area contributed by atoms with Gasteiger partial charge in [0, 0.05) is 21.7 Å². The molecule has 2 heterocycles. The molecule has 1 N–H and O–H groups in total. The van der Waals surface area contributed by atoms with Gasteiger partial charge in [-0.05, 0) is 42.5 Å². The Labute approximate surface area is 198 Å². The Balaban J connectivity index is 1.68. The fourth-order valence-corrected chi connectivity index (χ4v) is 4.26. The normalized spacial score (nSPS) is 15.9. The molecule has 8 heteroatoms. The number of hydrogen-bond donors (Lipinski definition) is 1. The largest absolute Gasteiger partial charge is 0.503 e. The van der Waals surface area contributed by atoms with Gasteiger partial charge in [-0.15, -0.1) is 0 Å². The number of halogens is 2. The molecule has 1 aliphatic heterocycles. The number of nitrogens with zero attached hydrogens (tertiary/aromatic N) is 1. The summed E-state index contributed by atoms with van der Waals surface area (Å²) in [4.78, 5) is 28.0. The van der Waals surface area contributed by atoms with Crippen LogP contribution in [0.25, 0.3) is 11.0 Å². The molecule has 0 aliphatic carbocycles. The first-order valence-electron chi connectivity index (χ1n) is 10.3. The third-order valence-corrected chi connectivity index (χ3v) is 5.96. The number of amides is 1. The van der Waals surface area contributed by atoms with Crippen LogP contribution in [-0.2, 0) is 4.79 Å². The maximum atomic E-state index is 14.9. The van der Waals surface area contributed by atoms with E-state index >= 15 is 0 Å². The molecule has 34 heavy (non-hydrogen) atoms. The molecule has 1 amide bonds. The van der Waals surface area contributed by atoms with Gasteiger partial charge in [0.05, 0.1) is 18.7 Å². The lowest BCUT2D eigenvalue weighted by Gasteiger charge is -2.27. The van der Waals surface area contributed by atoms with E-state index in [4.69, 9.17) is 20.8 Å². The lowest BCUT2D eigenvalue weighted by atomic mass is 9.94. The second-order valence-electron chi connectivity index (χ2n) is 7.66. The number of rotatable bonds is 5. The van der Waals surface area contributed by atoms with Gasteiger partial charge in [0.2, 0.25) is 5.78 Å². The van der Waals surface area contributed by atoms with Crippen molar-refractivity contribution < 1.29 is 28.2 Å². The van der Waals surface area contributed by atoms with Crippen molar-refractivity contribution in [2.45, 2.75) is 6.04 Å². The van der Waals surface area contributed by atoms with Crippen molar-refractivity contribution in [3.8, 4) is 5.75 Å². The third kappa shape index (κ3) is 3.41. The van der Waals surface area contributed by atoms with Gasteiger partial charge in [0.25, 0.3) is 5.91 Å². The average molecular weight is 478 g/mol. The molecule has 0 saturated heterocycles. The number of fused-ring (bicyclic) bond motifs is 1. The molecular formula is C26H17ClFNO5. The first kappa shape index (κ1) is 21.7. The van der Waals surface area contributed by atoms with E-state index in [0.717, 1.165) is 0 Å². The van der Waals surface area contributed by atoms with Crippen molar-refractivity contribution in [3.63, 3.8) is 0 Å². The van der Waals surface area contributed by atoms with Crippen LogP contribution in [0.5, 0.6) is 5.75 Å². The number of benzene rings is 3. The van der Waals surface area contributed by atoms with Gasteiger partial charge in [-0.3, -0.25) is 14.5 Å². The van der Waals surface area contributed by atoms with Crippen LogP contribution in [-0.4, -0.2) is 23.9 Å². The summed E-state index contributed by atoms with van der Waals surface area (Å²) in [6.45, 7) is 0. The molecule has 170 valence electrons. The number of furan rings is 1. The van der Waals surface area contributed by atoms with E-state index in [9.17, 15) is 19.1 Å². The fourth-order valence-electron chi connectivity index (χ4n) is 4.14. The highest BCUT2D eigenvalue weighted by Gasteiger charge is 2.46. The van der Waals surface area contributed by atoms with Gasteiger partial charge in [0.15, 0.2) is 22.9 Å². The predicted molar refractivity (Wildman–Crippen MR) is 125 cm³/mol. The lowest BCUT2D eigenvalue weighted by Crippen LogP contribution is -2.31. The molecule has 0 fully saturated rings. The van der Waals surface area contributed by atoms with Gasteiger partial charge in [-0.25, -0.2) is 4.39 Å². The van der Waals surface area contributed by atoms with Crippen molar-refractivity contribution in [1.29, 1.82) is 0 Å². The van der Waals surface area contributed by atoms with Crippen LogP contribution in [0.2, 0.25) is 5.02 Å². The summed E-state index contributed by atoms with van der Waals surface area (Å²) in [5.41, 5.74) is 0.438. The zero-order valence-electron chi connectivity index (χ0n) is 17.8. The molecule has 4 aromatic rings. The smallest absolute Gasteiger partial charge is 0.294 e. The number of aliphatic hydroxyl groups is 1. The molecular weight excluding hydrogens is 461 g/mol. The Hall–Kier alpha value is -4.10. The first-order chi connectivity index (χ1) is 16.4. The Morgan fingerprint density at radius 1 is 1.09 bits per heavy atom. The SMILES string of the molecule is COc1cccc2cc(C(=O)C3=C(O)C(=O)N(c4ccc(Cl)cc4)C3c3ccccc3F)oc12. The summed E-state index contributed by atoms with van der Waals surface area (Å²) in [5, 5.41) is 11.9. The van der Waals surface area contributed by atoms with E-state index in [2.05, 4.69) is 0 Å². The number of anilines is 1. The second kappa shape index (κ2) is 8.35. The summed E-state index contributed by atoms with van der Waals surface area (Å²) in [6, 6.07) is 17.4. The molecule has 1 aliphatic rings. The fraction of sp³-hybridized carbons (Fsp3) is 0.0769. The molecule has 0 bridgehead atoms. The molecule has 1 aromatic heterocycles. The van der Waals surface area contributed by atoms with E-state index in [1.165, 1.54) is 36.3 Å². The summed E-state index contributed by atoms with van der Waals surface area (Å²) in [6.07, 6.45) is 0. The topological polar surface area (TPSA) is 80.0 Å². The van der Waals surface area contributed by atoms with Gasteiger partial charge < -0.3 is 14.3 Å². The highest BCUT2D eigenvalue weighted by Crippen LogP contribution is 2.43. The predicted octanol–water partition coefficient (Wildman–Crippen LogP) is 6.02. The third-order valence-electron chi connectivity index (χ3n) is 5.71. The summed E-state index contributed by atoms with van der Waals surface area (Å²) < 4.78 is 26.0. The van der Waals surface area contributed by atoms with Gasteiger partial charge >= 0.3 is 0 Å². The number of para-hydroxylation sites is 1. The number of carbonyl (C=O) groups excluding carboxylic acids is 2. The number of ketones is 1. The molecule has 6 nitrogen and oxygen atoms in total. The van der Waals surface area contributed by atoms with Crippen LogP contribution in [0, 0.1) is 5.82 Å². The van der Waals surface area contributed by atoms with Crippen molar-refractivity contribution in [3.05, 3.63) is 106 Å². The minimum Gasteiger partial charge on any atom is -0.503 e. The van der Waals surface area contributed by atoms with E-state index in [1.807, 2.05) is 0 Å². The van der Waals surface area contributed by atoms with Crippen LogP contribution >= 0.6 is 11.6 Å². The summed E-state index contributed by atoms with van der Waals surface area (Å²) in [5.74, 6) is -2.69. The molecule has 5 rings (SSSR count). The average Bonchev–Trinajstić information content (AvgIpc) is 3.39. The van der Waals surface area contributed by atoms with Crippen molar-refractivity contribution in [2.24, 2.45) is 0 Å². The highest BCUT2D eigenvalue weighted by atomic mass is 35.5. The second-order valence-corrected chi connectivity index (χ2v) is 8.09. The van der Waals surface area contributed by atoms with Crippen LogP contribution < -0.4 is 9.64 Å². The number of hydrogen-bond acceptors (Lipinski definition) is 5. The molecule has 3 aromatic carbocycles. The molecule has 0 spiro atoms. The number of aliphatic hydroxyl groups excluding tert-OH is 1. The van der Waals surface area contributed by atoms with Crippen LogP contribution in [0.4, 0.5) is 10.1 Å². The van der Waals surface area contributed by atoms with Gasteiger partial charge in [-0.1, -0.05) is 41.9 Å². The zero-order valence-corrected chi connectivity index (χ0v) is 18.5. The maximum absolute atomic E-state index is 14.9. The summed E-state index contributed by atoms with van der Waals surface area (Å²) in [7, 11) is 1.47. The van der Waals surface area contributed by atoms with Gasteiger partial charge in [0.1, 0.15) is 5.82 Å². The monoisotopic (exact) mass is 477 g/mol. The Morgan fingerprint density at radius 2 is 1.82 bits per heavy atom. The Bertz CT molecular complexity index is 1470. The van der Waals surface area contributed by atoms with E-state index < -0.39 is 29.3 Å². The van der Waals surface area contributed by atoms with Crippen molar-refractivity contribution in [1.82, 2.24) is 0 Å². The van der Waals surface area contributed by atoms with Crippen LogP contribution in [0.15, 0.2) is 88.5 Å². The van der Waals surface area contributed by atoms with E-state index in [-0.39, 0.29) is 16.9 Å². The van der Waals surface area contributed by atoms with Gasteiger partial charge in [-0.2, -0.15) is 0 Å². The zero-order chi connectivity index (χ0) is 24.0. The maximum Gasteiger partial charge on any atom is 0.294 e. The number of ether oxygens (including phenoxy) is 1. The quantitative estimate of drug-likeness (QED) is 0.356. The minimum atomic E-state index is -1.22. The molecule has 0 saturated carbocycles. The van der Waals surface area contributed by atoms with E-state index in [0.29, 0.717) is 27.4 Å². The van der Waals surface area contributed by atoms with Crippen molar-refractivity contribution in [2.75, 3.05) is 12.0 Å². The first-order valence-corrected chi connectivity index (χ1v) is 10.7. The lowest BCUT2D eigenvalue weighted by molar-refractivity contribution is -0.117.